The molecule has 0 heterocycles. The van der Waals surface area contributed by atoms with Gasteiger partial charge in [-0.05, 0) is 33.6 Å². The molecule has 0 bridgehead atoms. The molecule has 1 amide bonds. The van der Waals surface area contributed by atoms with Crippen LogP contribution in [-0.4, -0.2) is 38.8 Å². The molecule has 1 N–H and O–H groups in total. The highest BCUT2D eigenvalue weighted by molar-refractivity contribution is 6.37. The monoisotopic (exact) mass is 233 g/mol. The van der Waals surface area contributed by atoms with Gasteiger partial charge in [-0.25, -0.2) is 4.79 Å². The third-order valence-electron chi connectivity index (χ3n) is 2.53. The zero-order valence-electron chi connectivity index (χ0n) is 9.21. The number of hydrogen-bond donors (Lipinski definition) is 1. The van der Waals surface area contributed by atoms with E-state index in [4.69, 9.17) is 16.7 Å². The van der Waals surface area contributed by atoms with Gasteiger partial charge in [-0.2, -0.15) is 0 Å². The molecule has 0 aromatic heterocycles. The molecule has 0 spiro atoms. The van der Waals surface area contributed by atoms with Gasteiger partial charge in [-0.3, -0.25) is 9.69 Å². The van der Waals surface area contributed by atoms with Crippen molar-refractivity contribution in [2.24, 2.45) is 0 Å². The summed E-state index contributed by atoms with van der Waals surface area (Å²) in [6.45, 7) is 5.13. The average molecular weight is 234 g/mol. The molecule has 1 saturated carbocycles. The standard InChI is InChI=1S/C10H16ClNO3/c1-9(2,3)12(8(14)15)6-7(13)10(11)4-5-10/h4-6H2,1-3H3,(H,14,15). The number of halogens is 1. The average Bonchev–Trinajstić information content (AvgIpc) is 2.77. The van der Waals surface area contributed by atoms with Crippen LogP contribution >= 0.6 is 11.6 Å². The Kier molecular flexibility index (Phi) is 3.01. The van der Waals surface area contributed by atoms with Crippen LogP contribution in [0.15, 0.2) is 0 Å². The van der Waals surface area contributed by atoms with E-state index in [2.05, 4.69) is 0 Å². The second-order valence-electron chi connectivity index (χ2n) is 4.93. The second kappa shape index (κ2) is 3.67. The van der Waals surface area contributed by atoms with Crippen molar-refractivity contribution >= 4 is 23.5 Å². The largest absolute Gasteiger partial charge is 0.465 e. The summed E-state index contributed by atoms with van der Waals surface area (Å²) in [4.78, 5) is 23.0. The lowest BCUT2D eigenvalue weighted by atomic mass is 10.1. The molecule has 15 heavy (non-hydrogen) atoms. The Morgan fingerprint density at radius 1 is 1.40 bits per heavy atom. The summed E-state index contributed by atoms with van der Waals surface area (Å²) in [5, 5.41) is 8.97. The lowest BCUT2D eigenvalue weighted by Gasteiger charge is -2.33. The van der Waals surface area contributed by atoms with Crippen molar-refractivity contribution in [2.45, 2.75) is 44.0 Å². The van der Waals surface area contributed by atoms with Crippen LogP contribution < -0.4 is 0 Å². The zero-order chi connectivity index (χ0) is 11.9. The SMILES string of the molecule is CC(C)(C)N(CC(=O)C1(Cl)CC1)C(=O)O. The number of rotatable bonds is 3. The van der Waals surface area contributed by atoms with Crippen LogP contribution in [0.3, 0.4) is 0 Å². The molecule has 5 heteroatoms. The molecule has 86 valence electrons. The third kappa shape index (κ3) is 2.84. The number of alkyl halides is 1. The Morgan fingerprint density at radius 2 is 1.87 bits per heavy atom. The van der Waals surface area contributed by atoms with E-state index in [-0.39, 0.29) is 12.3 Å². The number of carbonyl (C=O) groups excluding carboxylic acids is 1. The minimum Gasteiger partial charge on any atom is -0.465 e. The fourth-order valence-electron chi connectivity index (χ4n) is 1.27. The normalized spacial score (nSPS) is 18.4. The predicted molar refractivity (Wildman–Crippen MR) is 57.3 cm³/mol. The quantitative estimate of drug-likeness (QED) is 0.760. The van der Waals surface area contributed by atoms with Crippen LogP contribution in [-0.2, 0) is 4.79 Å². The number of ketones is 1. The first-order valence-electron chi connectivity index (χ1n) is 4.89. The number of Topliss-reactive ketones (excluding diaryl/α,β-unsaturated/α-hetero) is 1. The smallest absolute Gasteiger partial charge is 0.408 e. The first-order chi connectivity index (χ1) is 6.67. The van der Waals surface area contributed by atoms with Gasteiger partial charge in [0.1, 0.15) is 4.87 Å². The minimum atomic E-state index is -1.09. The van der Waals surface area contributed by atoms with Crippen molar-refractivity contribution in [3.8, 4) is 0 Å². The van der Waals surface area contributed by atoms with E-state index in [1.54, 1.807) is 20.8 Å². The summed E-state index contributed by atoms with van der Waals surface area (Å²) >= 11 is 5.92. The van der Waals surface area contributed by atoms with Crippen molar-refractivity contribution in [2.75, 3.05) is 6.54 Å². The lowest BCUT2D eigenvalue weighted by Crippen LogP contribution is -2.49. The molecule has 1 aliphatic rings. The number of carboxylic acid groups (broad SMARTS) is 1. The Hall–Kier alpha value is -0.770. The Balaban J connectivity index is 2.68. The molecule has 0 aromatic carbocycles. The van der Waals surface area contributed by atoms with E-state index < -0.39 is 16.5 Å². The van der Waals surface area contributed by atoms with Crippen LogP contribution in [0.5, 0.6) is 0 Å². The third-order valence-corrected chi connectivity index (χ3v) is 3.12. The van der Waals surface area contributed by atoms with Gasteiger partial charge in [-0.15, -0.1) is 11.6 Å². The van der Waals surface area contributed by atoms with Gasteiger partial charge >= 0.3 is 6.09 Å². The van der Waals surface area contributed by atoms with E-state index in [9.17, 15) is 9.59 Å². The molecule has 1 fully saturated rings. The highest BCUT2D eigenvalue weighted by atomic mass is 35.5. The fourth-order valence-corrected chi connectivity index (χ4v) is 1.42. The zero-order valence-corrected chi connectivity index (χ0v) is 9.97. The van der Waals surface area contributed by atoms with Crippen LogP contribution in [0, 0.1) is 0 Å². The van der Waals surface area contributed by atoms with Gasteiger partial charge in [0, 0.05) is 5.54 Å². The molecular formula is C10H16ClNO3. The highest BCUT2D eigenvalue weighted by Crippen LogP contribution is 2.43. The molecule has 0 atom stereocenters. The lowest BCUT2D eigenvalue weighted by molar-refractivity contribution is -0.121. The van der Waals surface area contributed by atoms with E-state index in [1.807, 2.05) is 0 Å². The summed E-state index contributed by atoms with van der Waals surface area (Å²) < 4.78 is 0. The fraction of sp³-hybridized carbons (Fsp3) is 0.800. The molecule has 0 saturated heterocycles. The summed E-state index contributed by atoms with van der Waals surface area (Å²) in [6, 6.07) is 0. The van der Waals surface area contributed by atoms with Crippen molar-refractivity contribution in [1.82, 2.24) is 4.90 Å². The van der Waals surface area contributed by atoms with Gasteiger partial charge in [0.25, 0.3) is 0 Å². The maximum atomic E-state index is 11.7. The summed E-state index contributed by atoms with van der Waals surface area (Å²) in [7, 11) is 0. The van der Waals surface area contributed by atoms with Crippen molar-refractivity contribution in [1.29, 1.82) is 0 Å². The van der Waals surface area contributed by atoms with Gasteiger partial charge < -0.3 is 5.11 Å². The molecule has 4 nitrogen and oxygen atoms in total. The van der Waals surface area contributed by atoms with E-state index in [0.29, 0.717) is 12.8 Å². The number of hydrogen-bond acceptors (Lipinski definition) is 2. The van der Waals surface area contributed by atoms with Gasteiger partial charge in [-0.1, -0.05) is 0 Å². The number of nitrogens with zero attached hydrogens (tertiary/aromatic N) is 1. The minimum absolute atomic E-state index is 0.123. The molecule has 0 radical (unpaired) electrons. The van der Waals surface area contributed by atoms with E-state index in [0.717, 1.165) is 4.90 Å². The molecule has 1 aliphatic carbocycles. The topological polar surface area (TPSA) is 57.6 Å². The Morgan fingerprint density at radius 3 is 2.13 bits per heavy atom. The predicted octanol–water partition coefficient (Wildman–Crippen LogP) is 2.11. The van der Waals surface area contributed by atoms with E-state index in [1.165, 1.54) is 0 Å². The van der Waals surface area contributed by atoms with E-state index >= 15 is 0 Å². The molecule has 0 aromatic rings. The van der Waals surface area contributed by atoms with Crippen molar-refractivity contribution < 1.29 is 14.7 Å². The van der Waals surface area contributed by atoms with Gasteiger partial charge in [0.2, 0.25) is 0 Å². The maximum Gasteiger partial charge on any atom is 0.408 e. The summed E-state index contributed by atoms with van der Waals surface area (Å²) in [5.41, 5.74) is -0.580. The summed E-state index contributed by atoms with van der Waals surface area (Å²) in [5.74, 6) is -0.193. The van der Waals surface area contributed by atoms with Crippen LogP contribution in [0.25, 0.3) is 0 Å². The second-order valence-corrected chi connectivity index (χ2v) is 5.65. The molecule has 0 unspecified atom stereocenters. The molecule has 0 aliphatic heterocycles. The van der Waals surface area contributed by atoms with Gasteiger partial charge in [0.15, 0.2) is 5.78 Å². The van der Waals surface area contributed by atoms with Crippen molar-refractivity contribution in [3.63, 3.8) is 0 Å². The Labute approximate surface area is 94.2 Å². The Bertz CT molecular complexity index is 292. The van der Waals surface area contributed by atoms with Crippen LogP contribution in [0.4, 0.5) is 4.79 Å². The van der Waals surface area contributed by atoms with Crippen molar-refractivity contribution in [3.05, 3.63) is 0 Å². The molecule has 1 rings (SSSR count). The van der Waals surface area contributed by atoms with Crippen LogP contribution in [0.1, 0.15) is 33.6 Å². The number of amides is 1. The molecular weight excluding hydrogens is 218 g/mol. The summed E-state index contributed by atoms with van der Waals surface area (Å²) in [6.07, 6.45) is 0.229. The first-order valence-corrected chi connectivity index (χ1v) is 5.27. The maximum absolute atomic E-state index is 11.7. The number of carbonyl (C=O) groups is 2. The van der Waals surface area contributed by atoms with Crippen LogP contribution in [0.2, 0.25) is 0 Å². The van der Waals surface area contributed by atoms with Gasteiger partial charge in [0.05, 0.1) is 6.54 Å². The highest BCUT2D eigenvalue weighted by Gasteiger charge is 2.49. The first kappa shape index (κ1) is 12.3.